The van der Waals surface area contributed by atoms with E-state index in [1.54, 1.807) is 29.2 Å². The Morgan fingerprint density at radius 3 is 2.48 bits per heavy atom. The lowest BCUT2D eigenvalue weighted by atomic mass is 10.1. The summed E-state index contributed by atoms with van der Waals surface area (Å²) in [6, 6.07) is 16.3. The van der Waals surface area contributed by atoms with Gasteiger partial charge in [0.2, 0.25) is 10.0 Å². The normalized spacial score (nSPS) is 15.4. The highest BCUT2D eigenvalue weighted by molar-refractivity contribution is 7.89. The molecule has 0 N–H and O–H groups in total. The molecule has 1 aliphatic heterocycles. The number of fused-ring (bicyclic) bond motifs is 1. The van der Waals surface area contributed by atoms with Crippen LogP contribution in [0.5, 0.6) is 0 Å². The highest BCUT2D eigenvalue weighted by Gasteiger charge is 2.33. The van der Waals surface area contributed by atoms with Gasteiger partial charge in [-0.05, 0) is 23.8 Å². The summed E-state index contributed by atoms with van der Waals surface area (Å²) in [5, 5.41) is 0. The first-order valence-electron chi connectivity index (χ1n) is 9.69. The average molecular weight is 455 g/mol. The third-order valence-electron chi connectivity index (χ3n) is 5.34. The number of amides is 1. The number of hydrogen-bond acceptors (Lipinski definition) is 7. The molecule has 1 amide bonds. The molecule has 8 nitrogen and oxygen atoms in total. The van der Waals surface area contributed by atoms with Gasteiger partial charge in [-0.1, -0.05) is 36.4 Å². The van der Waals surface area contributed by atoms with Crippen LogP contribution in [0.15, 0.2) is 70.2 Å². The van der Waals surface area contributed by atoms with Gasteiger partial charge in [-0.15, -0.1) is 0 Å². The van der Waals surface area contributed by atoms with Crippen molar-refractivity contribution in [2.75, 3.05) is 26.2 Å². The Kier molecular flexibility index (Phi) is 5.05. The highest BCUT2D eigenvalue weighted by atomic mass is 32.2. The van der Waals surface area contributed by atoms with Crippen molar-refractivity contribution in [2.45, 2.75) is 4.90 Å². The number of rotatable bonds is 4. The van der Waals surface area contributed by atoms with Crippen LogP contribution in [0.4, 0.5) is 0 Å². The van der Waals surface area contributed by atoms with Gasteiger partial charge in [-0.3, -0.25) is 4.79 Å². The number of nitrogens with zero attached hydrogens (tertiary/aromatic N) is 4. The number of piperazine rings is 1. The number of furan rings is 1. The monoisotopic (exact) mass is 454 g/mol. The van der Waals surface area contributed by atoms with Gasteiger partial charge >= 0.3 is 0 Å². The van der Waals surface area contributed by atoms with E-state index in [0.717, 1.165) is 22.9 Å². The van der Waals surface area contributed by atoms with Crippen molar-refractivity contribution in [1.29, 1.82) is 0 Å². The minimum atomic E-state index is -3.74. The van der Waals surface area contributed by atoms with Gasteiger partial charge in [0.05, 0.1) is 18.0 Å². The molecule has 1 fully saturated rings. The molecule has 5 rings (SSSR count). The molecule has 158 valence electrons. The van der Waals surface area contributed by atoms with E-state index < -0.39 is 10.0 Å². The maximum absolute atomic E-state index is 13.2. The molecule has 0 aliphatic carbocycles. The van der Waals surface area contributed by atoms with Crippen molar-refractivity contribution in [3.63, 3.8) is 0 Å². The second-order valence-electron chi connectivity index (χ2n) is 7.11. The maximum Gasteiger partial charge on any atom is 0.290 e. The van der Waals surface area contributed by atoms with E-state index in [2.05, 4.69) is 8.75 Å². The van der Waals surface area contributed by atoms with Crippen LogP contribution in [0.2, 0.25) is 0 Å². The van der Waals surface area contributed by atoms with Crippen molar-refractivity contribution in [2.24, 2.45) is 0 Å². The first kappa shape index (κ1) is 19.9. The Labute approximate surface area is 183 Å². The van der Waals surface area contributed by atoms with E-state index in [1.807, 2.05) is 30.3 Å². The molecule has 2 aromatic heterocycles. The molecule has 0 atom stereocenters. The molecule has 0 bridgehead atoms. The van der Waals surface area contributed by atoms with Crippen molar-refractivity contribution >= 4 is 38.7 Å². The third kappa shape index (κ3) is 3.52. The van der Waals surface area contributed by atoms with Gasteiger partial charge in [0.15, 0.2) is 5.76 Å². The fraction of sp³-hybridized carbons (Fsp3) is 0.190. The van der Waals surface area contributed by atoms with Gasteiger partial charge in [-0.25, -0.2) is 8.42 Å². The van der Waals surface area contributed by atoms with Crippen LogP contribution in [-0.4, -0.2) is 58.5 Å². The second kappa shape index (κ2) is 7.88. The van der Waals surface area contributed by atoms with E-state index >= 15 is 0 Å². The zero-order valence-electron chi connectivity index (χ0n) is 16.3. The first-order chi connectivity index (χ1) is 15.1. The third-order valence-corrected chi connectivity index (χ3v) is 7.81. The minimum Gasteiger partial charge on any atom is -0.459 e. The molecule has 1 aliphatic rings. The van der Waals surface area contributed by atoms with E-state index in [9.17, 15) is 13.2 Å². The number of carbonyl (C=O) groups is 1. The summed E-state index contributed by atoms with van der Waals surface area (Å²) in [5.74, 6) is 0.0209. The minimum absolute atomic E-state index is 0.149. The zero-order valence-corrected chi connectivity index (χ0v) is 18.0. The lowest BCUT2D eigenvalue weighted by Crippen LogP contribution is -2.50. The molecule has 0 spiro atoms. The van der Waals surface area contributed by atoms with Gasteiger partial charge in [-0.2, -0.15) is 13.1 Å². The molecule has 0 saturated carbocycles. The second-order valence-corrected chi connectivity index (χ2v) is 9.55. The van der Waals surface area contributed by atoms with Crippen LogP contribution < -0.4 is 0 Å². The zero-order chi connectivity index (χ0) is 21.4. The summed E-state index contributed by atoms with van der Waals surface area (Å²) in [6.07, 6.45) is 1.50. The summed E-state index contributed by atoms with van der Waals surface area (Å²) >= 11 is 0.986. The molecule has 3 heterocycles. The van der Waals surface area contributed by atoms with Crippen LogP contribution in [0.1, 0.15) is 10.6 Å². The van der Waals surface area contributed by atoms with Crippen molar-refractivity contribution in [3.05, 3.63) is 66.6 Å². The lowest BCUT2D eigenvalue weighted by molar-refractivity contribution is 0.0667. The Morgan fingerprint density at radius 1 is 0.935 bits per heavy atom. The van der Waals surface area contributed by atoms with Gasteiger partial charge in [0, 0.05) is 31.7 Å². The fourth-order valence-electron chi connectivity index (χ4n) is 3.72. The molecular weight excluding hydrogens is 436 g/mol. The number of sulfonamides is 1. The number of aromatic nitrogens is 2. The molecule has 10 heteroatoms. The van der Waals surface area contributed by atoms with Crippen molar-refractivity contribution in [1.82, 2.24) is 18.0 Å². The highest BCUT2D eigenvalue weighted by Crippen LogP contribution is 2.28. The Morgan fingerprint density at radius 2 is 1.71 bits per heavy atom. The molecule has 2 aromatic carbocycles. The van der Waals surface area contributed by atoms with Gasteiger partial charge in [0.1, 0.15) is 15.9 Å². The van der Waals surface area contributed by atoms with E-state index in [-0.39, 0.29) is 42.7 Å². The predicted molar refractivity (Wildman–Crippen MR) is 116 cm³/mol. The van der Waals surface area contributed by atoms with Crippen LogP contribution in [-0.2, 0) is 10.0 Å². The molecule has 0 radical (unpaired) electrons. The standard InChI is InChI=1S/C21H18N4O4S2/c26-21(20-16(9-14-29-20)15-5-2-1-3-6-15)24-10-12-25(13-11-24)31(27,28)18-8-4-7-17-19(18)23-30-22-17/h1-9,14H,10-13H2. The first-order valence-corrected chi connectivity index (χ1v) is 11.9. The fourth-order valence-corrected chi connectivity index (χ4v) is 5.90. The van der Waals surface area contributed by atoms with Crippen molar-refractivity contribution < 1.29 is 17.6 Å². The summed E-state index contributed by atoms with van der Waals surface area (Å²) in [5.41, 5.74) is 2.56. The summed E-state index contributed by atoms with van der Waals surface area (Å²) in [6.45, 7) is 0.948. The molecular formula is C21H18N4O4S2. The topological polar surface area (TPSA) is 96.6 Å². The van der Waals surface area contributed by atoms with Crippen LogP contribution in [0.25, 0.3) is 22.2 Å². The Balaban J connectivity index is 1.34. The lowest BCUT2D eigenvalue weighted by Gasteiger charge is -2.33. The Bertz CT molecular complexity index is 1340. The molecule has 1 saturated heterocycles. The maximum atomic E-state index is 13.2. The number of carbonyl (C=O) groups excluding carboxylic acids is 1. The molecule has 31 heavy (non-hydrogen) atoms. The van der Waals surface area contributed by atoms with Crippen LogP contribution in [0.3, 0.4) is 0 Å². The predicted octanol–water partition coefficient (Wildman–Crippen LogP) is 3.10. The Hall–Kier alpha value is -3.08. The van der Waals surface area contributed by atoms with Gasteiger partial charge < -0.3 is 9.32 Å². The number of benzene rings is 2. The van der Waals surface area contributed by atoms with E-state index in [0.29, 0.717) is 11.0 Å². The smallest absolute Gasteiger partial charge is 0.290 e. The van der Waals surface area contributed by atoms with Crippen molar-refractivity contribution in [3.8, 4) is 11.1 Å². The van der Waals surface area contributed by atoms with E-state index in [1.165, 1.54) is 10.6 Å². The van der Waals surface area contributed by atoms with Gasteiger partial charge in [0.25, 0.3) is 5.91 Å². The van der Waals surface area contributed by atoms with E-state index in [4.69, 9.17) is 4.42 Å². The van der Waals surface area contributed by atoms with Crippen LogP contribution >= 0.6 is 11.7 Å². The quantitative estimate of drug-likeness (QED) is 0.470. The SMILES string of the molecule is O=C(c1occc1-c1ccccc1)N1CCN(S(=O)(=O)c2cccc3nsnc23)CC1. The summed E-state index contributed by atoms with van der Waals surface area (Å²) < 4.78 is 41.5. The summed E-state index contributed by atoms with van der Waals surface area (Å²) in [4.78, 5) is 14.8. The number of hydrogen-bond donors (Lipinski definition) is 0. The average Bonchev–Trinajstić information content (AvgIpc) is 3.48. The summed E-state index contributed by atoms with van der Waals surface area (Å²) in [7, 11) is -3.74. The molecule has 4 aromatic rings. The largest absolute Gasteiger partial charge is 0.459 e. The van der Waals surface area contributed by atoms with Crippen LogP contribution in [0, 0.1) is 0 Å². The molecule has 0 unspecified atom stereocenters.